The molecule has 0 saturated carbocycles. The summed E-state index contributed by atoms with van der Waals surface area (Å²) in [6, 6.07) is 15.0. The number of benzene rings is 2. The van der Waals surface area contributed by atoms with Crippen LogP contribution in [0.2, 0.25) is 0 Å². The van der Waals surface area contributed by atoms with Gasteiger partial charge >= 0.3 is 5.97 Å². The monoisotopic (exact) mass is 339 g/mol. The fourth-order valence-electron chi connectivity index (χ4n) is 2.28. The van der Waals surface area contributed by atoms with E-state index in [0.29, 0.717) is 16.9 Å². The number of hydrogen-bond acceptors (Lipinski definition) is 5. The topological polar surface area (TPSA) is 68.1 Å². The minimum absolute atomic E-state index is 0.0402. The van der Waals surface area contributed by atoms with Gasteiger partial charge in [-0.15, -0.1) is 0 Å². The Bertz CT molecular complexity index is 764. The van der Waals surface area contributed by atoms with Crippen molar-refractivity contribution in [2.24, 2.45) is 5.16 Å². The number of oxime groups is 1. The van der Waals surface area contributed by atoms with Crippen LogP contribution in [0.5, 0.6) is 5.75 Å². The molecule has 0 aliphatic heterocycles. The molecule has 2 rings (SSSR count). The number of carbonyl (C=O) groups is 1. The van der Waals surface area contributed by atoms with Gasteiger partial charge < -0.3 is 14.7 Å². The minimum atomic E-state index is -0.451. The number of aryl methyl sites for hydroxylation is 1. The molecule has 2 aromatic carbocycles. The van der Waals surface area contributed by atoms with E-state index in [-0.39, 0.29) is 6.61 Å². The van der Waals surface area contributed by atoms with E-state index >= 15 is 0 Å². The van der Waals surface area contributed by atoms with Crippen LogP contribution in [0.25, 0.3) is 6.08 Å². The molecular formula is C20H21NO4. The lowest BCUT2D eigenvalue weighted by Crippen LogP contribution is -2.13. The molecule has 0 atom stereocenters. The number of hydrogen-bond donors (Lipinski definition) is 1. The predicted molar refractivity (Wildman–Crippen MR) is 97.1 cm³/mol. The number of ether oxygens (including phenoxy) is 2. The molecule has 1 N–H and O–H groups in total. The molecule has 0 heterocycles. The fraction of sp³-hybridized carbons (Fsp3) is 0.200. The van der Waals surface area contributed by atoms with Crippen LogP contribution in [-0.4, -0.2) is 31.1 Å². The largest absolute Gasteiger partial charge is 0.488 e. The summed E-state index contributed by atoms with van der Waals surface area (Å²) in [6.07, 6.45) is 3.98. The predicted octanol–water partition coefficient (Wildman–Crippen LogP) is 3.69. The normalized spacial score (nSPS) is 11.5. The Balaban J connectivity index is 2.21. The molecule has 0 unspecified atom stereocenters. The zero-order chi connectivity index (χ0) is 18.1. The van der Waals surface area contributed by atoms with Crippen molar-refractivity contribution in [2.45, 2.75) is 13.3 Å². The second-order valence-electron chi connectivity index (χ2n) is 5.33. The van der Waals surface area contributed by atoms with Gasteiger partial charge in [-0.1, -0.05) is 48.5 Å². The van der Waals surface area contributed by atoms with E-state index < -0.39 is 5.97 Å². The summed E-state index contributed by atoms with van der Waals surface area (Å²) in [5.41, 5.74) is 3.13. The van der Waals surface area contributed by atoms with E-state index in [9.17, 15) is 4.79 Å². The molecule has 0 bridgehead atoms. The third-order valence-corrected chi connectivity index (χ3v) is 3.68. The lowest BCUT2D eigenvalue weighted by Gasteiger charge is -2.11. The van der Waals surface area contributed by atoms with Crippen molar-refractivity contribution in [3.63, 3.8) is 0 Å². The van der Waals surface area contributed by atoms with Gasteiger partial charge in [0.15, 0.2) is 0 Å². The molecule has 0 saturated heterocycles. The van der Waals surface area contributed by atoms with Crippen LogP contribution >= 0.6 is 0 Å². The van der Waals surface area contributed by atoms with Gasteiger partial charge in [0.05, 0.1) is 18.9 Å². The first-order valence-corrected chi connectivity index (χ1v) is 7.95. The maximum absolute atomic E-state index is 12.0. The highest BCUT2D eigenvalue weighted by molar-refractivity contribution is 5.94. The van der Waals surface area contributed by atoms with Crippen LogP contribution in [0.15, 0.2) is 59.3 Å². The molecule has 0 aliphatic carbocycles. The summed E-state index contributed by atoms with van der Waals surface area (Å²) in [5, 5.41) is 11.7. The van der Waals surface area contributed by atoms with Gasteiger partial charge in [-0.25, -0.2) is 4.79 Å². The molecular weight excluding hydrogens is 318 g/mol. The highest BCUT2D eigenvalue weighted by Crippen LogP contribution is 2.18. The summed E-state index contributed by atoms with van der Waals surface area (Å²) in [6.45, 7) is 2.13. The molecule has 5 heteroatoms. The van der Waals surface area contributed by atoms with Crippen molar-refractivity contribution in [3.8, 4) is 5.75 Å². The van der Waals surface area contributed by atoms with Crippen LogP contribution < -0.4 is 4.74 Å². The zero-order valence-electron chi connectivity index (χ0n) is 14.3. The molecule has 130 valence electrons. The number of rotatable bonds is 7. The Hall–Kier alpha value is -3.08. The molecule has 0 amide bonds. The van der Waals surface area contributed by atoms with Crippen LogP contribution in [0.4, 0.5) is 0 Å². The van der Waals surface area contributed by atoms with Crippen molar-refractivity contribution < 1.29 is 19.5 Å². The van der Waals surface area contributed by atoms with Crippen LogP contribution in [0.3, 0.4) is 0 Å². The average molecular weight is 339 g/mol. The first-order chi connectivity index (χ1) is 12.2. The van der Waals surface area contributed by atoms with Crippen LogP contribution in [-0.2, 0) is 16.0 Å². The van der Waals surface area contributed by atoms with Crippen molar-refractivity contribution in [1.29, 1.82) is 0 Å². The first kappa shape index (κ1) is 18.3. The minimum Gasteiger partial charge on any atom is -0.488 e. The Kier molecular flexibility index (Phi) is 6.77. The van der Waals surface area contributed by atoms with Gasteiger partial charge in [0.2, 0.25) is 0 Å². The van der Waals surface area contributed by atoms with E-state index in [2.05, 4.69) is 12.1 Å². The lowest BCUT2D eigenvalue weighted by atomic mass is 10.1. The fourth-order valence-corrected chi connectivity index (χ4v) is 2.28. The van der Waals surface area contributed by atoms with Crippen molar-refractivity contribution in [2.75, 3.05) is 13.7 Å². The highest BCUT2D eigenvalue weighted by Gasteiger charge is 2.12. The van der Waals surface area contributed by atoms with Gasteiger partial charge in [0.25, 0.3) is 0 Å². The average Bonchev–Trinajstić information content (AvgIpc) is 2.66. The number of nitrogens with zero attached hydrogens (tertiary/aromatic N) is 1. The number of esters is 1. The molecule has 0 aromatic heterocycles. The van der Waals surface area contributed by atoms with Gasteiger partial charge in [-0.2, -0.15) is 0 Å². The Labute approximate surface area is 147 Å². The highest BCUT2D eigenvalue weighted by atomic mass is 16.5. The van der Waals surface area contributed by atoms with E-state index in [1.165, 1.54) is 18.9 Å². The Morgan fingerprint density at radius 1 is 1.16 bits per heavy atom. The van der Waals surface area contributed by atoms with Crippen LogP contribution in [0, 0.1) is 0 Å². The lowest BCUT2D eigenvalue weighted by molar-refractivity contribution is -0.136. The van der Waals surface area contributed by atoms with E-state index in [0.717, 1.165) is 12.0 Å². The SMILES string of the molecule is CCc1ccc(/C=C(\COc2ccccc2/C=N/O)C(=O)OC)cc1. The number of carbonyl (C=O) groups excluding carboxylic acids is 1. The maximum Gasteiger partial charge on any atom is 0.337 e. The number of methoxy groups -OCH3 is 1. The quantitative estimate of drug-likeness (QED) is 0.275. The summed E-state index contributed by atoms with van der Waals surface area (Å²) in [5.74, 6) is 0.0595. The molecule has 0 spiro atoms. The van der Waals surface area contributed by atoms with Crippen molar-refractivity contribution in [1.82, 2.24) is 0 Å². The summed E-state index contributed by atoms with van der Waals surface area (Å²) in [7, 11) is 1.34. The smallest absolute Gasteiger partial charge is 0.337 e. The van der Waals surface area contributed by atoms with Crippen molar-refractivity contribution in [3.05, 3.63) is 70.8 Å². The van der Waals surface area contributed by atoms with Gasteiger partial charge in [-0.3, -0.25) is 0 Å². The van der Waals surface area contributed by atoms with Crippen molar-refractivity contribution >= 4 is 18.3 Å². The Morgan fingerprint density at radius 3 is 2.52 bits per heavy atom. The second kappa shape index (κ2) is 9.27. The number of para-hydroxylation sites is 1. The second-order valence-corrected chi connectivity index (χ2v) is 5.33. The van der Waals surface area contributed by atoms with Gasteiger partial charge in [-0.05, 0) is 35.8 Å². The van der Waals surface area contributed by atoms with E-state index in [1.54, 1.807) is 30.3 Å². The maximum atomic E-state index is 12.0. The third kappa shape index (κ3) is 5.21. The third-order valence-electron chi connectivity index (χ3n) is 3.68. The molecule has 25 heavy (non-hydrogen) atoms. The molecule has 0 aliphatic rings. The summed E-state index contributed by atoms with van der Waals surface area (Å²) >= 11 is 0. The molecule has 0 radical (unpaired) electrons. The van der Waals surface area contributed by atoms with Gasteiger partial charge in [0, 0.05) is 5.56 Å². The van der Waals surface area contributed by atoms with Crippen LogP contribution in [0.1, 0.15) is 23.6 Å². The molecule has 0 fully saturated rings. The molecule has 2 aromatic rings. The Morgan fingerprint density at radius 2 is 1.88 bits per heavy atom. The zero-order valence-corrected chi connectivity index (χ0v) is 14.3. The van der Waals surface area contributed by atoms with E-state index in [4.69, 9.17) is 14.7 Å². The van der Waals surface area contributed by atoms with E-state index in [1.807, 2.05) is 24.3 Å². The molecule has 5 nitrogen and oxygen atoms in total. The summed E-state index contributed by atoms with van der Waals surface area (Å²) < 4.78 is 10.6. The standard InChI is InChI=1S/C20H21NO4/c1-3-15-8-10-16(11-9-15)12-18(20(22)24-2)14-25-19-7-5-4-6-17(19)13-21-23/h4-13,23H,3,14H2,1-2H3/b18-12+,21-13+. The first-order valence-electron chi connectivity index (χ1n) is 7.95. The van der Waals surface area contributed by atoms with Gasteiger partial charge in [0.1, 0.15) is 12.4 Å². The summed E-state index contributed by atoms with van der Waals surface area (Å²) in [4.78, 5) is 12.0.